The maximum absolute atomic E-state index is 12.1. The van der Waals surface area contributed by atoms with Crippen molar-refractivity contribution in [3.05, 3.63) is 56.8 Å². The third-order valence-electron chi connectivity index (χ3n) is 3.12. The molecule has 132 valence electrons. The third-order valence-corrected chi connectivity index (χ3v) is 4.50. The number of carbonyl (C=O) groups excluding carboxylic acids is 1. The number of amides is 1. The number of carbonyl (C=O) groups is 1. The minimum atomic E-state index is -0.650. The number of benzene rings is 1. The molecule has 0 aliphatic carbocycles. The van der Waals surface area contributed by atoms with Gasteiger partial charge in [0.25, 0.3) is 5.91 Å². The summed E-state index contributed by atoms with van der Waals surface area (Å²) in [6.07, 6.45) is 0.785. The number of hydrogen-bond acceptors (Lipinski definition) is 4. The van der Waals surface area contributed by atoms with Gasteiger partial charge in [0.2, 0.25) is 0 Å². The SMILES string of the molecule is Nc1c(Cl)c(Cl)nc(C(=O)NNC(=S)NCCc2ccccc2)c1Cl. The van der Waals surface area contributed by atoms with E-state index in [1.165, 1.54) is 5.56 Å². The van der Waals surface area contributed by atoms with Crippen molar-refractivity contribution in [1.82, 2.24) is 21.2 Å². The number of nitrogens with zero attached hydrogens (tertiary/aromatic N) is 1. The summed E-state index contributed by atoms with van der Waals surface area (Å²) in [6.45, 7) is 0.602. The van der Waals surface area contributed by atoms with Crippen molar-refractivity contribution >= 4 is 63.7 Å². The van der Waals surface area contributed by atoms with Crippen molar-refractivity contribution in [3.63, 3.8) is 0 Å². The number of pyridine rings is 1. The molecule has 2 rings (SSSR count). The van der Waals surface area contributed by atoms with Crippen LogP contribution in [-0.4, -0.2) is 22.5 Å². The Morgan fingerprint density at radius 2 is 1.80 bits per heavy atom. The summed E-state index contributed by atoms with van der Waals surface area (Å²) in [5.74, 6) is -0.650. The molecule has 1 amide bonds. The molecule has 10 heteroatoms. The lowest BCUT2D eigenvalue weighted by atomic mass is 10.1. The quantitative estimate of drug-likeness (QED) is 0.347. The molecule has 0 saturated carbocycles. The van der Waals surface area contributed by atoms with E-state index in [0.717, 1.165) is 6.42 Å². The van der Waals surface area contributed by atoms with Gasteiger partial charge in [-0.15, -0.1) is 0 Å². The van der Waals surface area contributed by atoms with E-state index in [2.05, 4.69) is 21.2 Å². The van der Waals surface area contributed by atoms with Crippen molar-refractivity contribution in [1.29, 1.82) is 0 Å². The van der Waals surface area contributed by atoms with Gasteiger partial charge in [-0.25, -0.2) is 4.98 Å². The Morgan fingerprint density at radius 3 is 2.48 bits per heavy atom. The van der Waals surface area contributed by atoms with Gasteiger partial charge < -0.3 is 11.1 Å². The van der Waals surface area contributed by atoms with E-state index in [4.69, 9.17) is 52.8 Å². The molecular weight excluding hydrogens is 405 g/mol. The smallest absolute Gasteiger partial charge is 0.289 e. The van der Waals surface area contributed by atoms with Gasteiger partial charge in [0.05, 0.1) is 10.7 Å². The number of anilines is 1. The largest absolute Gasteiger partial charge is 0.396 e. The lowest BCUT2D eigenvalue weighted by Crippen LogP contribution is -2.47. The Bertz CT molecular complexity index is 788. The highest BCUT2D eigenvalue weighted by atomic mass is 35.5. The van der Waals surface area contributed by atoms with Crippen LogP contribution in [0, 0.1) is 0 Å². The molecule has 6 nitrogen and oxygen atoms in total. The van der Waals surface area contributed by atoms with Crippen LogP contribution in [0.4, 0.5) is 5.69 Å². The van der Waals surface area contributed by atoms with Crippen LogP contribution in [0.1, 0.15) is 16.1 Å². The Morgan fingerprint density at radius 1 is 1.12 bits per heavy atom. The number of thiocarbonyl (C=S) groups is 1. The number of nitrogen functional groups attached to an aromatic ring is 1. The summed E-state index contributed by atoms with van der Waals surface area (Å²) in [6, 6.07) is 9.91. The Balaban J connectivity index is 1.84. The van der Waals surface area contributed by atoms with Crippen LogP contribution in [0.3, 0.4) is 0 Å². The molecule has 0 aliphatic rings. The van der Waals surface area contributed by atoms with Crippen LogP contribution in [0.25, 0.3) is 0 Å². The van der Waals surface area contributed by atoms with Gasteiger partial charge in [-0.05, 0) is 24.2 Å². The summed E-state index contributed by atoms with van der Waals surface area (Å²) in [5, 5.41) is 3.00. The van der Waals surface area contributed by atoms with Gasteiger partial charge in [0.1, 0.15) is 5.02 Å². The number of halogens is 3. The number of rotatable bonds is 4. The van der Waals surface area contributed by atoms with Crippen LogP contribution >= 0.6 is 47.0 Å². The Hall–Kier alpha value is -1.80. The summed E-state index contributed by atoms with van der Waals surface area (Å²) in [5.41, 5.74) is 11.6. The number of nitrogens with two attached hydrogens (primary N) is 1. The fourth-order valence-electron chi connectivity index (χ4n) is 1.86. The van der Waals surface area contributed by atoms with Crippen molar-refractivity contribution < 1.29 is 4.79 Å². The molecule has 0 radical (unpaired) electrons. The van der Waals surface area contributed by atoms with E-state index >= 15 is 0 Å². The predicted molar refractivity (Wildman–Crippen MR) is 105 cm³/mol. The second-order valence-electron chi connectivity index (χ2n) is 4.86. The second-order valence-corrected chi connectivity index (χ2v) is 6.39. The maximum atomic E-state index is 12.1. The van der Waals surface area contributed by atoms with Crippen LogP contribution < -0.4 is 21.9 Å². The van der Waals surface area contributed by atoms with E-state index in [1.54, 1.807) is 0 Å². The van der Waals surface area contributed by atoms with Gasteiger partial charge in [-0.2, -0.15) is 0 Å². The van der Waals surface area contributed by atoms with Gasteiger partial charge in [-0.1, -0.05) is 65.1 Å². The number of hydrogen-bond donors (Lipinski definition) is 4. The first kappa shape index (κ1) is 19.5. The van der Waals surface area contributed by atoms with Gasteiger partial charge >= 0.3 is 0 Å². The highest BCUT2D eigenvalue weighted by molar-refractivity contribution is 7.80. The fourth-order valence-corrected chi connectivity index (χ4v) is 2.61. The van der Waals surface area contributed by atoms with Crippen LogP contribution in [0.5, 0.6) is 0 Å². The maximum Gasteiger partial charge on any atom is 0.289 e. The normalized spacial score (nSPS) is 10.2. The molecule has 1 aromatic carbocycles. The van der Waals surface area contributed by atoms with Gasteiger partial charge in [0, 0.05) is 6.54 Å². The van der Waals surface area contributed by atoms with E-state index in [1.807, 2.05) is 30.3 Å². The van der Waals surface area contributed by atoms with Crippen LogP contribution in [0.15, 0.2) is 30.3 Å². The van der Waals surface area contributed by atoms with E-state index in [0.29, 0.717) is 6.54 Å². The van der Waals surface area contributed by atoms with Crippen LogP contribution in [0.2, 0.25) is 15.2 Å². The highest BCUT2D eigenvalue weighted by Crippen LogP contribution is 2.34. The number of nitrogens with one attached hydrogen (secondary N) is 3. The minimum absolute atomic E-state index is 0.00530. The van der Waals surface area contributed by atoms with Gasteiger partial charge in [-0.3, -0.25) is 15.6 Å². The Kier molecular flexibility index (Phi) is 7.07. The second kappa shape index (κ2) is 9.05. The Labute approximate surface area is 165 Å². The summed E-state index contributed by atoms with van der Waals surface area (Å²) < 4.78 is 0. The zero-order chi connectivity index (χ0) is 18.4. The van der Waals surface area contributed by atoms with Crippen molar-refractivity contribution in [3.8, 4) is 0 Å². The molecule has 1 heterocycles. The predicted octanol–water partition coefficient (Wildman–Crippen LogP) is 2.98. The molecular formula is C15H14Cl3N5OS. The monoisotopic (exact) mass is 417 g/mol. The fraction of sp³-hybridized carbons (Fsp3) is 0.133. The molecule has 0 bridgehead atoms. The first-order valence-corrected chi connectivity index (χ1v) is 8.62. The van der Waals surface area contributed by atoms with E-state index in [9.17, 15) is 4.79 Å². The van der Waals surface area contributed by atoms with Crippen molar-refractivity contribution in [2.45, 2.75) is 6.42 Å². The molecule has 0 fully saturated rings. The highest BCUT2D eigenvalue weighted by Gasteiger charge is 2.19. The minimum Gasteiger partial charge on any atom is -0.396 e. The summed E-state index contributed by atoms with van der Waals surface area (Å²) in [4.78, 5) is 15.9. The summed E-state index contributed by atoms with van der Waals surface area (Å²) >= 11 is 22.7. The molecule has 5 N–H and O–H groups in total. The number of hydrazine groups is 1. The third kappa shape index (κ3) is 5.34. The zero-order valence-electron chi connectivity index (χ0n) is 12.8. The topological polar surface area (TPSA) is 92.1 Å². The first-order chi connectivity index (χ1) is 11.9. The van der Waals surface area contributed by atoms with Crippen LogP contribution in [-0.2, 0) is 6.42 Å². The molecule has 0 aliphatic heterocycles. The molecule has 0 spiro atoms. The van der Waals surface area contributed by atoms with Gasteiger partial charge in [0.15, 0.2) is 16.0 Å². The van der Waals surface area contributed by atoms with Crippen molar-refractivity contribution in [2.24, 2.45) is 0 Å². The molecule has 0 atom stereocenters. The lowest BCUT2D eigenvalue weighted by Gasteiger charge is -2.13. The molecule has 0 unspecified atom stereocenters. The number of aromatic nitrogens is 1. The first-order valence-electron chi connectivity index (χ1n) is 7.08. The summed E-state index contributed by atoms with van der Waals surface area (Å²) in [7, 11) is 0. The molecule has 1 aromatic heterocycles. The van der Waals surface area contributed by atoms with E-state index < -0.39 is 5.91 Å². The zero-order valence-corrected chi connectivity index (χ0v) is 15.9. The molecule has 25 heavy (non-hydrogen) atoms. The molecule has 0 saturated heterocycles. The standard InChI is InChI=1S/C15H14Cl3N5OS/c16-9-11(19)10(17)13(18)21-12(9)14(24)22-23-15(25)20-7-6-8-4-2-1-3-5-8/h1-5H,6-7H2,(H2,19,21)(H,22,24)(H2,20,23,25). The van der Waals surface area contributed by atoms with Crippen molar-refractivity contribution in [2.75, 3.05) is 12.3 Å². The average molecular weight is 419 g/mol. The molecule has 2 aromatic rings. The lowest BCUT2D eigenvalue weighted by molar-refractivity contribution is 0.0939. The average Bonchev–Trinajstić information content (AvgIpc) is 2.62. The van der Waals surface area contributed by atoms with E-state index in [-0.39, 0.29) is 31.7 Å².